The number of aromatic nitrogens is 1. The van der Waals surface area contributed by atoms with Gasteiger partial charge in [-0.1, -0.05) is 30.3 Å². The van der Waals surface area contributed by atoms with E-state index in [1.807, 2.05) is 30.3 Å². The van der Waals surface area contributed by atoms with Crippen molar-refractivity contribution in [2.24, 2.45) is 5.92 Å². The lowest BCUT2D eigenvalue weighted by molar-refractivity contribution is -0.0527. The molecule has 2 aromatic rings. The van der Waals surface area contributed by atoms with Crippen LogP contribution in [-0.4, -0.2) is 46.8 Å². The van der Waals surface area contributed by atoms with Crippen LogP contribution in [0.2, 0.25) is 0 Å². The molecular weight excluding hydrogens is 344 g/mol. The van der Waals surface area contributed by atoms with Crippen LogP contribution < -0.4 is 10.1 Å². The summed E-state index contributed by atoms with van der Waals surface area (Å²) in [6.07, 6.45) is 1.33. The van der Waals surface area contributed by atoms with Crippen molar-refractivity contribution in [3.8, 4) is 5.88 Å². The highest BCUT2D eigenvalue weighted by Crippen LogP contribution is 2.23. The molecule has 0 bridgehead atoms. The maximum atomic E-state index is 12.4. The van der Waals surface area contributed by atoms with Gasteiger partial charge in [-0.15, -0.1) is 0 Å². The van der Waals surface area contributed by atoms with E-state index in [1.54, 1.807) is 0 Å². The summed E-state index contributed by atoms with van der Waals surface area (Å²) < 4.78 is 28.7. The summed E-state index contributed by atoms with van der Waals surface area (Å²) in [6, 6.07) is 12.0. The van der Waals surface area contributed by atoms with Crippen LogP contribution in [0, 0.1) is 5.92 Å². The average Bonchev–Trinajstić information content (AvgIpc) is 2.96. The van der Waals surface area contributed by atoms with Crippen molar-refractivity contribution >= 4 is 11.7 Å². The van der Waals surface area contributed by atoms with E-state index in [1.165, 1.54) is 23.2 Å². The number of benzene rings is 1. The lowest BCUT2D eigenvalue weighted by atomic mass is 9.97. The Morgan fingerprint density at radius 2 is 2.08 bits per heavy atom. The van der Waals surface area contributed by atoms with E-state index >= 15 is 0 Å². The van der Waals surface area contributed by atoms with Crippen molar-refractivity contribution in [1.29, 1.82) is 0 Å². The molecule has 1 aromatic carbocycles. The highest BCUT2D eigenvalue weighted by molar-refractivity contribution is 5.89. The molecule has 1 fully saturated rings. The quantitative estimate of drug-likeness (QED) is 0.857. The third-order valence-electron chi connectivity index (χ3n) is 4.23. The summed E-state index contributed by atoms with van der Waals surface area (Å²) in [5.74, 6) is -0.334. The molecule has 1 aromatic heterocycles. The van der Waals surface area contributed by atoms with Gasteiger partial charge in [0.25, 0.3) is 0 Å². The summed E-state index contributed by atoms with van der Waals surface area (Å²) in [7, 11) is 0. The van der Waals surface area contributed by atoms with Crippen LogP contribution in [0.25, 0.3) is 0 Å². The molecule has 2 atom stereocenters. The molecule has 1 aliphatic heterocycles. The first-order chi connectivity index (χ1) is 12.5. The molecule has 138 valence electrons. The second-order valence-electron chi connectivity index (χ2n) is 6.11. The fourth-order valence-electron chi connectivity index (χ4n) is 2.98. The minimum absolute atomic E-state index is 0.0571. The number of carbonyl (C=O) groups excluding carboxylic acids is 1. The Labute approximate surface area is 149 Å². The second-order valence-corrected chi connectivity index (χ2v) is 6.11. The highest BCUT2D eigenvalue weighted by atomic mass is 19.3. The predicted octanol–water partition coefficient (Wildman–Crippen LogP) is 2.75. The first-order valence-electron chi connectivity index (χ1n) is 8.20. The summed E-state index contributed by atoms with van der Waals surface area (Å²) in [6.45, 7) is -2.36. The number of hydrogen-bond donors (Lipinski definition) is 2. The number of nitrogens with zero attached hydrogens (tertiary/aromatic N) is 2. The molecule has 3 rings (SSSR count). The van der Waals surface area contributed by atoms with E-state index in [-0.39, 0.29) is 18.3 Å². The van der Waals surface area contributed by atoms with Gasteiger partial charge >= 0.3 is 12.6 Å². The molecule has 1 aliphatic rings. The van der Waals surface area contributed by atoms with Crippen molar-refractivity contribution in [3.63, 3.8) is 0 Å². The maximum absolute atomic E-state index is 12.4. The van der Waals surface area contributed by atoms with Gasteiger partial charge < -0.3 is 20.1 Å². The SMILES string of the molecule is O=C(Nc1ccnc(OC(F)F)c1)N1C[C@@H](Cc2ccccc2)[C@H](O)C1. The molecule has 8 heteroatoms. The van der Waals surface area contributed by atoms with Crippen LogP contribution >= 0.6 is 0 Å². The Morgan fingerprint density at radius 3 is 2.81 bits per heavy atom. The summed E-state index contributed by atoms with van der Waals surface area (Å²) in [5.41, 5.74) is 1.39. The smallest absolute Gasteiger partial charge is 0.388 e. The number of likely N-dealkylation sites (tertiary alicyclic amines) is 1. The minimum atomic E-state index is -2.99. The third-order valence-corrected chi connectivity index (χ3v) is 4.23. The van der Waals surface area contributed by atoms with Gasteiger partial charge in [0.2, 0.25) is 5.88 Å². The molecule has 6 nitrogen and oxygen atoms in total. The molecule has 2 N–H and O–H groups in total. The Morgan fingerprint density at radius 1 is 1.31 bits per heavy atom. The van der Waals surface area contributed by atoms with E-state index in [0.29, 0.717) is 18.7 Å². The van der Waals surface area contributed by atoms with E-state index in [4.69, 9.17) is 0 Å². The zero-order chi connectivity index (χ0) is 18.5. The predicted molar refractivity (Wildman–Crippen MR) is 91.1 cm³/mol. The number of ether oxygens (including phenoxy) is 1. The zero-order valence-corrected chi connectivity index (χ0v) is 13.9. The number of aliphatic hydroxyl groups excluding tert-OH is 1. The lowest BCUT2D eigenvalue weighted by Crippen LogP contribution is -2.33. The molecule has 0 spiro atoms. The number of carbonyl (C=O) groups is 1. The van der Waals surface area contributed by atoms with Crippen molar-refractivity contribution < 1.29 is 23.4 Å². The fourth-order valence-corrected chi connectivity index (χ4v) is 2.98. The zero-order valence-electron chi connectivity index (χ0n) is 13.9. The van der Waals surface area contributed by atoms with Gasteiger partial charge in [-0.3, -0.25) is 0 Å². The number of halogens is 2. The van der Waals surface area contributed by atoms with Gasteiger partial charge in [0.15, 0.2) is 0 Å². The summed E-state index contributed by atoms with van der Waals surface area (Å²) >= 11 is 0. The number of rotatable bonds is 5. The number of hydrogen-bond acceptors (Lipinski definition) is 4. The summed E-state index contributed by atoms with van der Waals surface area (Å²) in [5, 5.41) is 12.9. The highest BCUT2D eigenvalue weighted by Gasteiger charge is 2.34. The number of amides is 2. The molecule has 26 heavy (non-hydrogen) atoms. The van der Waals surface area contributed by atoms with E-state index in [2.05, 4.69) is 15.0 Å². The number of urea groups is 1. The van der Waals surface area contributed by atoms with Gasteiger partial charge in [-0.05, 0) is 18.1 Å². The molecular formula is C18H19F2N3O3. The number of β-amino-alcohol motifs (C(OH)–C–C–N with tert-alkyl or cyclic N) is 1. The molecule has 2 amide bonds. The molecule has 0 aliphatic carbocycles. The number of anilines is 1. The molecule has 1 saturated heterocycles. The Hall–Kier alpha value is -2.74. The lowest BCUT2D eigenvalue weighted by Gasteiger charge is -2.17. The van der Waals surface area contributed by atoms with Gasteiger partial charge in [0, 0.05) is 37.0 Å². The topological polar surface area (TPSA) is 74.7 Å². The monoisotopic (exact) mass is 363 g/mol. The first-order valence-corrected chi connectivity index (χ1v) is 8.20. The van der Waals surface area contributed by atoms with Gasteiger partial charge in [-0.2, -0.15) is 8.78 Å². The summed E-state index contributed by atoms with van der Waals surface area (Å²) in [4.78, 5) is 17.5. The van der Waals surface area contributed by atoms with Crippen LogP contribution in [0.3, 0.4) is 0 Å². The number of aliphatic hydroxyl groups is 1. The number of nitrogens with one attached hydrogen (secondary N) is 1. The van der Waals surface area contributed by atoms with Gasteiger partial charge in [-0.25, -0.2) is 9.78 Å². The molecule has 2 heterocycles. The Bertz CT molecular complexity index is 745. The largest absolute Gasteiger partial charge is 0.417 e. The van der Waals surface area contributed by atoms with Crippen LogP contribution in [-0.2, 0) is 6.42 Å². The van der Waals surface area contributed by atoms with Crippen LogP contribution in [0.1, 0.15) is 5.56 Å². The Kier molecular flexibility index (Phi) is 5.62. The van der Waals surface area contributed by atoms with Gasteiger partial charge in [0.1, 0.15) is 0 Å². The third kappa shape index (κ3) is 4.66. The average molecular weight is 363 g/mol. The minimum Gasteiger partial charge on any atom is -0.417 e. The van der Waals surface area contributed by atoms with E-state index in [0.717, 1.165) is 5.56 Å². The molecule has 0 saturated carbocycles. The normalized spacial score (nSPS) is 19.6. The van der Waals surface area contributed by atoms with Crippen molar-refractivity contribution in [2.75, 3.05) is 18.4 Å². The standard InChI is InChI=1S/C18H19F2N3O3/c19-17(20)26-16-9-14(6-7-21-16)22-18(25)23-10-13(15(24)11-23)8-12-4-2-1-3-5-12/h1-7,9,13,15,17,24H,8,10-11H2,(H,21,22,25)/t13-,15-/m1/s1. The van der Waals surface area contributed by atoms with E-state index < -0.39 is 18.7 Å². The van der Waals surface area contributed by atoms with Crippen molar-refractivity contribution in [1.82, 2.24) is 9.88 Å². The Balaban J connectivity index is 1.59. The maximum Gasteiger partial charge on any atom is 0.388 e. The van der Waals surface area contributed by atoms with Crippen molar-refractivity contribution in [3.05, 3.63) is 54.2 Å². The number of pyridine rings is 1. The van der Waals surface area contributed by atoms with Gasteiger partial charge in [0.05, 0.1) is 6.10 Å². The van der Waals surface area contributed by atoms with Crippen LogP contribution in [0.5, 0.6) is 5.88 Å². The molecule has 0 unspecified atom stereocenters. The van der Waals surface area contributed by atoms with E-state index in [9.17, 15) is 18.7 Å². The van der Waals surface area contributed by atoms with Crippen molar-refractivity contribution in [2.45, 2.75) is 19.1 Å². The fraction of sp³-hybridized carbons (Fsp3) is 0.333. The first kappa shape index (κ1) is 18.1. The molecule has 0 radical (unpaired) electrons. The van der Waals surface area contributed by atoms with Crippen LogP contribution in [0.4, 0.5) is 19.3 Å². The van der Waals surface area contributed by atoms with Crippen LogP contribution in [0.15, 0.2) is 48.7 Å². The number of alkyl halides is 2. The second kappa shape index (κ2) is 8.09.